The molecule has 0 aromatic carbocycles. The predicted molar refractivity (Wildman–Crippen MR) is 66.1 cm³/mol. The van der Waals surface area contributed by atoms with Gasteiger partial charge in [0.05, 0.1) is 0 Å². The minimum Gasteiger partial charge on any atom is -0.258 e. The molecule has 0 saturated carbocycles. The van der Waals surface area contributed by atoms with Gasteiger partial charge in [0.25, 0.3) is 0 Å². The van der Waals surface area contributed by atoms with Crippen molar-refractivity contribution in [1.29, 1.82) is 0 Å². The van der Waals surface area contributed by atoms with Crippen molar-refractivity contribution in [1.82, 2.24) is 4.98 Å². The van der Waals surface area contributed by atoms with Crippen LogP contribution in [0, 0.1) is 5.41 Å². The number of aryl methyl sites for hydroxylation is 1. The molecule has 84 valence electrons. The summed E-state index contributed by atoms with van der Waals surface area (Å²) >= 11 is 0. The Morgan fingerprint density at radius 2 is 1.87 bits per heavy atom. The van der Waals surface area contributed by atoms with Crippen molar-refractivity contribution in [3.05, 3.63) is 29.6 Å². The van der Waals surface area contributed by atoms with Crippen molar-refractivity contribution in [2.45, 2.75) is 53.4 Å². The van der Waals surface area contributed by atoms with Gasteiger partial charge < -0.3 is 0 Å². The molecule has 1 heteroatoms. The van der Waals surface area contributed by atoms with Crippen LogP contribution in [0.2, 0.25) is 0 Å². The first-order valence-corrected chi connectivity index (χ1v) is 5.84. The molecule has 0 bridgehead atoms. The van der Waals surface area contributed by atoms with Gasteiger partial charge in [-0.1, -0.05) is 40.7 Å². The summed E-state index contributed by atoms with van der Waals surface area (Å²) in [6.45, 7) is 11.2. The van der Waals surface area contributed by atoms with E-state index >= 15 is 0 Å². The van der Waals surface area contributed by atoms with Gasteiger partial charge in [0.2, 0.25) is 0 Å². The zero-order valence-corrected chi connectivity index (χ0v) is 10.7. The Balaban J connectivity index is 2.66. The van der Waals surface area contributed by atoms with E-state index in [1.54, 1.807) is 0 Å². The monoisotopic (exact) mass is 205 g/mol. The van der Waals surface area contributed by atoms with Gasteiger partial charge in [0.1, 0.15) is 0 Å². The highest BCUT2D eigenvalue weighted by Crippen LogP contribution is 2.21. The second kappa shape index (κ2) is 4.78. The molecule has 0 unspecified atom stereocenters. The van der Waals surface area contributed by atoms with Crippen molar-refractivity contribution in [3.8, 4) is 0 Å². The third kappa shape index (κ3) is 4.46. The van der Waals surface area contributed by atoms with Crippen molar-refractivity contribution in [3.63, 3.8) is 0 Å². The van der Waals surface area contributed by atoms with E-state index in [0.717, 1.165) is 6.42 Å². The molecule has 1 aromatic rings. The first-order chi connectivity index (χ1) is 6.88. The van der Waals surface area contributed by atoms with Crippen LogP contribution in [0.3, 0.4) is 0 Å². The van der Waals surface area contributed by atoms with Gasteiger partial charge in [-0.25, -0.2) is 0 Å². The van der Waals surface area contributed by atoms with Gasteiger partial charge in [0.15, 0.2) is 0 Å². The Labute approximate surface area is 93.9 Å². The lowest BCUT2D eigenvalue weighted by Crippen LogP contribution is -2.07. The second-order valence-corrected chi connectivity index (χ2v) is 5.77. The lowest BCUT2D eigenvalue weighted by molar-refractivity contribution is 0.376. The number of rotatable bonds is 3. The number of hydrogen-bond donors (Lipinski definition) is 0. The van der Waals surface area contributed by atoms with Crippen molar-refractivity contribution >= 4 is 0 Å². The second-order valence-electron chi connectivity index (χ2n) is 5.77. The van der Waals surface area contributed by atoms with Gasteiger partial charge in [-0.2, -0.15) is 0 Å². The minimum absolute atomic E-state index is 0.398. The maximum absolute atomic E-state index is 4.68. The van der Waals surface area contributed by atoms with E-state index in [2.05, 4.69) is 57.8 Å². The fraction of sp³-hybridized carbons (Fsp3) is 0.643. The smallest absolute Gasteiger partial charge is 0.0432 e. The van der Waals surface area contributed by atoms with Gasteiger partial charge in [-0.05, 0) is 36.3 Å². The largest absolute Gasteiger partial charge is 0.258 e. The molecule has 1 aromatic heterocycles. The number of aromatic nitrogens is 1. The van der Waals surface area contributed by atoms with E-state index in [1.165, 1.54) is 17.8 Å². The first kappa shape index (κ1) is 12.2. The Morgan fingerprint density at radius 1 is 1.20 bits per heavy atom. The Kier molecular flexibility index (Phi) is 3.90. The van der Waals surface area contributed by atoms with Crippen molar-refractivity contribution < 1.29 is 0 Å². The third-order valence-corrected chi connectivity index (χ3v) is 2.55. The van der Waals surface area contributed by atoms with Crippen molar-refractivity contribution in [2.24, 2.45) is 5.41 Å². The molecule has 1 nitrogen and oxygen atoms in total. The molecule has 0 aliphatic carbocycles. The van der Waals surface area contributed by atoms with Crippen LogP contribution in [0.1, 0.15) is 58.3 Å². The fourth-order valence-electron chi connectivity index (χ4n) is 1.46. The maximum atomic E-state index is 4.68. The van der Waals surface area contributed by atoms with Crippen LogP contribution in [0.4, 0.5) is 0 Å². The molecule has 15 heavy (non-hydrogen) atoms. The topological polar surface area (TPSA) is 12.9 Å². The molecule has 0 fully saturated rings. The molecular weight excluding hydrogens is 182 g/mol. The summed E-state index contributed by atoms with van der Waals surface area (Å²) in [5.41, 5.74) is 2.84. The molecular formula is C14H23N. The van der Waals surface area contributed by atoms with Crippen molar-refractivity contribution in [2.75, 3.05) is 0 Å². The minimum atomic E-state index is 0.398. The van der Waals surface area contributed by atoms with E-state index in [1.807, 2.05) is 0 Å². The van der Waals surface area contributed by atoms with E-state index in [-0.39, 0.29) is 0 Å². The van der Waals surface area contributed by atoms with Crippen LogP contribution in [-0.2, 0) is 6.42 Å². The summed E-state index contributed by atoms with van der Waals surface area (Å²) in [6.07, 6.45) is 2.28. The van der Waals surface area contributed by atoms with Crippen LogP contribution in [0.25, 0.3) is 0 Å². The highest BCUT2D eigenvalue weighted by molar-refractivity contribution is 5.14. The molecule has 1 rings (SSSR count). The summed E-state index contributed by atoms with van der Waals surface area (Å²) in [4.78, 5) is 4.68. The molecule has 0 saturated heterocycles. The van der Waals surface area contributed by atoms with E-state index < -0.39 is 0 Å². The molecule has 0 aliphatic rings. The third-order valence-electron chi connectivity index (χ3n) is 2.55. The van der Waals surface area contributed by atoms with Crippen LogP contribution in [0.15, 0.2) is 18.2 Å². The summed E-state index contributed by atoms with van der Waals surface area (Å²) in [6, 6.07) is 6.38. The summed E-state index contributed by atoms with van der Waals surface area (Å²) in [7, 11) is 0. The van der Waals surface area contributed by atoms with E-state index in [9.17, 15) is 0 Å². The zero-order valence-electron chi connectivity index (χ0n) is 10.7. The molecule has 0 amide bonds. The number of nitrogens with zero attached hydrogens (tertiary/aromatic N) is 1. The molecule has 0 radical (unpaired) electrons. The lowest BCUT2D eigenvalue weighted by Gasteiger charge is -2.17. The average Bonchev–Trinajstić information content (AvgIpc) is 2.14. The quantitative estimate of drug-likeness (QED) is 0.721. The molecule has 0 N–H and O–H groups in total. The lowest BCUT2D eigenvalue weighted by atomic mass is 9.90. The SMILES string of the molecule is CC(C)c1cccc(CCC(C)(C)C)n1. The van der Waals surface area contributed by atoms with Gasteiger partial charge in [-0.3, -0.25) is 4.98 Å². The van der Waals surface area contributed by atoms with Gasteiger partial charge >= 0.3 is 0 Å². The normalized spacial score (nSPS) is 12.1. The van der Waals surface area contributed by atoms with Crippen LogP contribution < -0.4 is 0 Å². The number of pyridine rings is 1. The summed E-state index contributed by atoms with van der Waals surface area (Å²) in [5.74, 6) is 0.527. The highest BCUT2D eigenvalue weighted by Gasteiger charge is 2.10. The Hall–Kier alpha value is -0.850. The van der Waals surface area contributed by atoms with Crippen LogP contribution in [0.5, 0.6) is 0 Å². The Bertz CT molecular complexity index is 307. The Morgan fingerprint density at radius 3 is 2.40 bits per heavy atom. The molecule has 0 aliphatic heterocycles. The maximum Gasteiger partial charge on any atom is 0.0432 e. The predicted octanol–water partition coefficient (Wildman–Crippen LogP) is 4.18. The summed E-state index contributed by atoms with van der Waals surface area (Å²) in [5, 5.41) is 0. The fourth-order valence-corrected chi connectivity index (χ4v) is 1.46. The summed E-state index contributed by atoms with van der Waals surface area (Å²) < 4.78 is 0. The molecule has 0 spiro atoms. The first-order valence-electron chi connectivity index (χ1n) is 5.84. The van der Waals surface area contributed by atoms with E-state index in [0.29, 0.717) is 11.3 Å². The molecule has 1 heterocycles. The zero-order chi connectivity index (χ0) is 11.5. The standard InChI is InChI=1S/C14H23N/c1-11(2)13-8-6-7-12(15-13)9-10-14(3,4)5/h6-8,11H,9-10H2,1-5H3. The molecule has 0 atom stereocenters. The average molecular weight is 205 g/mol. The van der Waals surface area contributed by atoms with Crippen LogP contribution >= 0.6 is 0 Å². The number of hydrogen-bond acceptors (Lipinski definition) is 1. The highest BCUT2D eigenvalue weighted by atomic mass is 14.7. The van der Waals surface area contributed by atoms with Gasteiger partial charge in [-0.15, -0.1) is 0 Å². The van der Waals surface area contributed by atoms with E-state index in [4.69, 9.17) is 0 Å². The van der Waals surface area contributed by atoms with Crippen LogP contribution in [-0.4, -0.2) is 4.98 Å². The van der Waals surface area contributed by atoms with Gasteiger partial charge in [0, 0.05) is 11.4 Å².